The van der Waals surface area contributed by atoms with Crippen LogP contribution in [-0.2, 0) is 17.8 Å². The van der Waals surface area contributed by atoms with Gasteiger partial charge in [-0.2, -0.15) is 0 Å². The minimum atomic E-state index is 0.0856. The molecule has 0 saturated carbocycles. The summed E-state index contributed by atoms with van der Waals surface area (Å²) in [5.74, 6) is 2.22. The molecular weight excluding hydrogens is 318 g/mol. The SMILES string of the molecule is CCN(Cc1ccc(OC)c(OC)c1)C(=O)Cc1ccc(OC)cc1. The highest BCUT2D eigenvalue weighted by atomic mass is 16.5. The number of rotatable bonds is 8. The first kappa shape index (κ1) is 18.6. The first-order valence-corrected chi connectivity index (χ1v) is 8.22. The van der Waals surface area contributed by atoms with E-state index in [9.17, 15) is 4.79 Å². The van der Waals surface area contributed by atoms with Crippen LogP contribution in [-0.4, -0.2) is 38.7 Å². The van der Waals surface area contributed by atoms with Gasteiger partial charge in [-0.1, -0.05) is 18.2 Å². The number of methoxy groups -OCH3 is 3. The standard InChI is InChI=1S/C20H25NO4/c1-5-21(14-16-8-11-18(24-3)19(12-16)25-4)20(22)13-15-6-9-17(23-2)10-7-15/h6-12H,5,13-14H2,1-4H3. The number of carbonyl (C=O) groups excluding carboxylic acids is 1. The van der Waals surface area contributed by atoms with Crippen LogP contribution >= 0.6 is 0 Å². The lowest BCUT2D eigenvalue weighted by Gasteiger charge is -2.22. The van der Waals surface area contributed by atoms with Gasteiger partial charge in [-0.25, -0.2) is 0 Å². The predicted molar refractivity (Wildman–Crippen MR) is 97.3 cm³/mol. The normalized spacial score (nSPS) is 10.2. The van der Waals surface area contributed by atoms with E-state index in [1.807, 2.05) is 54.3 Å². The Kier molecular flexibility index (Phi) is 6.69. The Morgan fingerprint density at radius 1 is 0.880 bits per heavy atom. The van der Waals surface area contributed by atoms with Crippen LogP contribution < -0.4 is 14.2 Å². The van der Waals surface area contributed by atoms with E-state index in [4.69, 9.17) is 14.2 Å². The fourth-order valence-electron chi connectivity index (χ4n) is 2.61. The molecule has 0 radical (unpaired) electrons. The molecule has 0 N–H and O–H groups in total. The summed E-state index contributed by atoms with van der Waals surface area (Å²) < 4.78 is 15.7. The molecule has 25 heavy (non-hydrogen) atoms. The third-order valence-electron chi connectivity index (χ3n) is 4.07. The van der Waals surface area contributed by atoms with Gasteiger partial charge in [0.05, 0.1) is 27.8 Å². The van der Waals surface area contributed by atoms with Crippen molar-refractivity contribution < 1.29 is 19.0 Å². The number of hydrogen-bond donors (Lipinski definition) is 0. The molecule has 2 rings (SSSR count). The van der Waals surface area contributed by atoms with Gasteiger partial charge in [0.1, 0.15) is 5.75 Å². The molecule has 0 heterocycles. The van der Waals surface area contributed by atoms with E-state index in [0.29, 0.717) is 31.0 Å². The van der Waals surface area contributed by atoms with Crippen molar-refractivity contribution in [2.24, 2.45) is 0 Å². The summed E-state index contributed by atoms with van der Waals surface area (Å²) in [7, 11) is 4.84. The largest absolute Gasteiger partial charge is 0.497 e. The number of ether oxygens (including phenoxy) is 3. The van der Waals surface area contributed by atoms with Crippen molar-refractivity contribution in [1.82, 2.24) is 4.90 Å². The number of benzene rings is 2. The molecule has 0 aliphatic rings. The molecule has 0 aromatic heterocycles. The van der Waals surface area contributed by atoms with Crippen molar-refractivity contribution in [3.8, 4) is 17.2 Å². The summed E-state index contributed by atoms with van der Waals surface area (Å²) in [5.41, 5.74) is 1.97. The van der Waals surface area contributed by atoms with Crippen molar-refractivity contribution in [3.63, 3.8) is 0 Å². The average molecular weight is 343 g/mol. The molecule has 0 aliphatic carbocycles. The summed E-state index contributed by atoms with van der Waals surface area (Å²) >= 11 is 0. The Balaban J connectivity index is 2.06. The smallest absolute Gasteiger partial charge is 0.227 e. The number of amides is 1. The average Bonchev–Trinajstić information content (AvgIpc) is 2.66. The zero-order chi connectivity index (χ0) is 18.2. The lowest BCUT2D eigenvalue weighted by atomic mass is 10.1. The summed E-state index contributed by atoms with van der Waals surface area (Å²) in [6.07, 6.45) is 0.366. The van der Waals surface area contributed by atoms with Gasteiger partial charge in [0.2, 0.25) is 5.91 Å². The van der Waals surface area contributed by atoms with Crippen LogP contribution in [0.1, 0.15) is 18.1 Å². The highest BCUT2D eigenvalue weighted by molar-refractivity contribution is 5.78. The molecule has 0 atom stereocenters. The number of carbonyl (C=O) groups is 1. The van der Waals surface area contributed by atoms with E-state index in [-0.39, 0.29) is 5.91 Å². The molecule has 0 unspecified atom stereocenters. The molecule has 0 aliphatic heterocycles. The van der Waals surface area contributed by atoms with Gasteiger partial charge in [0.15, 0.2) is 11.5 Å². The maximum atomic E-state index is 12.6. The fourth-order valence-corrected chi connectivity index (χ4v) is 2.61. The molecule has 0 bridgehead atoms. The quantitative estimate of drug-likeness (QED) is 0.738. The first-order valence-electron chi connectivity index (χ1n) is 8.22. The summed E-state index contributed by atoms with van der Waals surface area (Å²) in [6.45, 7) is 3.15. The number of nitrogens with zero attached hydrogens (tertiary/aromatic N) is 1. The fraction of sp³-hybridized carbons (Fsp3) is 0.350. The Hall–Kier alpha value is -2.69. The third-order valence-corrected chi connectivity index (χ3v) is 4.07. The molecular formula is C20H25NO4. The van der Waals surface area contributed by atoms with Gasteiger partial charge in [-0.05, 0) is 42.3 Å². The second-order valence-electron chi connectivity index (χ2n) is 5.62. The molecule has 5 heteroatoms. The van der Waals surface area contributed by atoms with E-state index in [2.05, 4.69) is 0 Å². The van der Waals surface area contributed by atoms with Gasteiger partial charge in [0.25, 0.3) is 0 Å². The Labute approximate surface area is 149 Å². The Morgan fingerprint density at radius 3 is 2.08 bits per heavy atom. The molecule has 0 spiro atoms. The van der Waals surface area contributed by atoms with Crippen molar-refractivity contribution in [1.29, 1.82) is 0 Å². The van der Waals surface area contributed by atoms with Crippen molar-refractivity contribution in [2.75, 3.05) is 27.9 Å². The molecule has 134 valence electrons. The monoisotopic (exact) mass is 343 g/mol. The predicted octanol–water partition coefficient (Wildman–Crippen LogP) is 3.30. The van der Waals surface area contributed by atoms with Gasteiger partial charge in [-0.15, -0.1) is 0 Å². The van der Waals surface area contributed by atoms with E-state index in [0.717, 1.165) is 16.9 Å². The van der Waals surface area contributed by atoms with Gasteiger partial charge in [-0.3, -0.25) is 4.79 Å². The maximum absolute atomic E-state index is 12.6. The van der Waals surface area contributed by atoms with Crippen LogP contribution in [0.3, 0.4) is 0 Å². The van der Waals surface area contributed by atoms with Crippen LogP contribution in [0.15, 0.2) is 42.5 Å². The third kappa shape index (κ3) is 4.89. The van der Waals surface area contributed by atoms with Crippen LogP contribution in [0.5, 0.6) is 17.2 Å². The van der Waals surface area contributed by atoms with E-state index >= 15 is 0 Å². The first-order chi connectivity index (χ1) is 12.1. The summed E-state index contributed by atoms with van der Waals surface area (Å²) in [6, 6.07) is 13.3. The molecule has 0 fully saturated rings. The lowest BCUT2D eigenvalue weighted by Crippen LogP contribution is -2.31. The number of likely N-dealkylation sites (N-methyl/N-ethyl adjacent to an activating group) is 1. The zero-order valence-corrected chi connectivity index (χ0v) is 15.2. The molecule has 1 amide bonds. The maximum Gasteiger partial charge on any atom is 0.227 e. The number of hydrogen-bond acceptors (Lipinski definition) is 4. The molecule has 2 aromatic carbocycles. The van der Waals surface area contributed by atoms with E-state index in [1.54, 1.807) is 21.3 Å². The van der Waals surface area contributed by atoms with E-state index in [1.165, 1.54) is 0 Å². The van der Waals surface area contributed by atoms with Crippen LogP contribution in [0, 0.1) is 0 Å². The summed E-state index contributed by atoms with van der Waals surface area (Å²) in [5, 5.41) is 0. The van der Waals surface area contributed by atoms with Crippen molar-refractivity contribution in [2.45, 2.75) is 19.9 Å². The Bertz CT molecular complexity index is 697. The minimum Gasteiger partial charge on any atom is -0.497 e. The highest BCUT2D eigenvalue weighted by Gasteiger charge is 2.14. The topological polar surface area (TPSA) is 48.0 Å². The zero-order valence-electron chi connectivity index (χ0n) is 15.2. The van der Waals surface area contributed by atoms with Gasteiger partial charge in [0, 0.05) is 13.1 Å². The van der Waals surface area contributed by atoms with Crippen LogP contribution in [0.4, 0.5) is 0 Å². The van der Waals surface area contributed by atoms with Gasteiger partial charge >= 0.3 is 0 Å². The highest BCUT2D eigenvalue weighted by Crippen LogP contribution is 2.28. The lowest BCUT2D eigenvalue weighted by molar-refractivity contribution is -0.130. The second-order valence-corrected chi connectivity index (χ2v) is 5.62. The van der Waals surface area contributed by atoms with Crippen LogP contribution in [0.25, 0.3) is 0 Å². The second kappa shape index (κ2) is 8.97. The molecule has 5 nitrogen and oxygen atoms in total. The van der Waals surface area contributed by atoms with Crippen molar-refractivity contribution in [3.05, 3.63) is 53.6 Å². The van der Waals surface area contributed by atoms with Gasteiger partial charge < -0.3 is 19.1 Å². The van der Waals surface area contributed by atoms with Crippen LogP contribution in [0.2, 0.25) is 0 Å². The van der Waals surface area contributed by atoms with Crippen molar-refractivity contribution >= 4 is 5.91 Å². The Morgan fingerprint density at radius 2 is 1.52 bits per heavy atom. The molecule has 0 saturated heterocycles. The minimum absolute atomic E-state index is 0.0856. The molecule has 2 aromatic rings. The summed E-state index contributed by atoms with van der Waals surface area (Å²) in [4.78, 5) is 14.4. The van der Waals surface area contributed by atoms with E-state index < -0.39 is 0 Å².